The van der Waals surface area contributed by atoms with Gasteiger partial charge in [-0.25, -0.2) is 0 Å². The van der Waals surface area contributed by atoms with Gasteiger partial charge in [0.05, 0.1) is 18.2 Å². The molecule has 1 heterocycles. The van der Waals surface area contributed by atoms with Crippen LogP contribution in [0.4, 0.5) is 5.69 Å². The highest BCUT2D eigenvalue weighted by molar-refractivity contribution is 5.95. The Hall–Kier alpha value is -2.04. The summed E-state index contributed by atoms with van der Waals surface area (Å²) < 4.78 is 10.3. The molecule has 1 N–H and O–H groups in total. The van der Waals surface area contributed by atoms with Gasteiger partial charge in [-0.1, -0.05) is 6.07 Å². The van der Waals surface area contributed by atoms with Crippen LogP contribution in [0.5, 0.6) is 5.75 Å². The van der Waals surface area contributed by atoms with Gasteiger partial charge in [0.1, 0.15) is 5.75 Å². The van der Waals surface area contributed by atoms with Gasteiger partial charge in [0.15, 0.2) is 6.61 Å². The monoisotopic (exact) mass is 249 g/mol. The van der Waals surface area contributed by atoms with E-state index in [4.69, 9.17) is 9.47 Å². The van der Waals surface area contributed by atoms with E-state index in [0.29, 0.717) is 18.0 Å². The number of rotatable bonds is 3. The molecule has 5 nitrogen and oxygen atoms in total. The van der Waals surface area contributed by atoms with Crippen molar-refractivity contribution in [2.24, 2.45) is 0 Å². The van der Waals surface area contributed by atoms with Gasteiger partial charge in [0.25, 0.3) is 5.91 Å². The number of carbonyl (C=O) groups is 2. The molecule has 0 bridgehead atoms. The molecule has 1 unspecified atom stereocenters. The Bertz CT molecular complexity index is 484. The molecule has 0 aliphatic carbocycles. The van der Waals surface area contributed by atoms with E-state index in [9.17, 15) is 9.59 Å². The molecule has 0 radical (unpaired) electrons. The number of fused-ring (bicyclic) bond motifs is 1. The Morgan fingerprint density at radius 3 is 3.06 bits per heavy atom. The topological polar surface area (TPSA) is 64.6 Å². The van der Waals surface area contributed by atoms with Crippen LogP contribution in [-0.2, 0) is 14.3 Å². The summed E-state index contributed by atoms with van der Waals surface area (Å²) in [6.07, 6.45) is 0. The van der Waals surface area contributed by atoms with Crippen LogP contribution in [0.3, 0.4) is 0 Å². The number of hydrogen-bond acceptors (Lipinski definition) is 4. The molecule has 96 valence electrons. The van der Waals surface area contributed by atoms with E-state index in [1.807, 2.05) is 0 Å². The summed E-state index contributed by atoms with van der Waals surface area (Å²) in [5.74, 6) is -0.203. The van der Waals surface area contributed by atoms with Crippen molar-refractivity contribution < 1.29 is 19.1 Å². The summed E-state index contributed by atoms with van der Waals surface area (Å²) in [6, 6.07) is 5.28. The molecule has 1 aliphatic heterocycles. The molecular formula is C13H15NO4. The standard InChI is InChI=1S/C13H15NO4/c1-3-17-13(16)8(2)9-4-5-10-11(6-9)18-7-12(15)14-10/h4-6,8H,3,7H2,1-2H3,(H,14,15). The van der Waals surface area contributed by atoms with Gasteiger partial charge in [-0.2, -0.15) is 0 Å². The maximum atomic E-state index is 11.6. The molecule has 0 saturated carbocycles. The summed E-state index contributed by atoms with van der Waals surface area (Å²) in [7, 11) is 0. The molecule has 1 amide bonds. The number of amides is 1. The minimum atomic E-state index is -0.350. The number of hydrogen-bond donors (Lipinski definition) is 1. The molecule has 18 heavy (non-hydrogen) atoms. The minimum absolute atomic E-state index is 0.00421. The summed E-state index contributed by atoms with van der Waals surface area (Å²) >= 11 is 0. The Morgan fingerprint density at radius 1 is 1.56 bits per heavy atom. The van der Waals surface area contributed by atoms with Crippen molar-refractivity contribution in [2.75, 3.05) is 18.5 Å². The van der Waals surface area contributed by atoms with E-state index in [1.165, 1.54) is 0 Å². The van der Waals surface area contributed by atoms with Crippen LogP contribution >= 0.6 is 0 Å². The summed E-state index contributed by atoms with van der Waals surface area (Å²) in [5, 5.41) is 2.70. The van der Waals surface area contributed by atoms with Crippen LogP contribution in [0, 0.1) is 0 Å². The van der Waals surface area contributed by atoms with Crippen LogP contribution in [0.25, 0.3) is 0 Å². The average Bonchev–Trinajstić information content (AvgIpc) is 2.37. The second-order valence-corrected chi connectivity index (χ2v) is 4.07. The molecule has 0 fully saturated rings. The Morgan fingerprint density at radius 2 is 2.33 bits per heavy atom. The van der Waals surface area contributed by atoms with Crippen LogP contribution in [-0.4, -0.2) is 25.1 Å². The fourth-order valence-electron chi connectivity index (χ4n) is 1.76. The zero-order valence-corrected chi connectivity index (χ0v) is 10.4. The van der Waals surface area contributed by atoms with E-state index in [2.05, 4.69) is 5.32 Å². The maximum Gasteiger partial charge on any atom is 0.313 e. The van der Waals surface area contributed by atoms with Crippen LogP contribution < -0.4 is 10.1 Å². The highest BCUT2D eigenvalue weighted by Crippen LogP contribution is 2.31. The number of ether oxygens (including phenoxy) is 2. The first kappa shape index (κ1) is 12.4. The molecule has 1 aromatic carbocycles. The largest absolute Gasteiger partial charge is 0.482 e. The number of carbonyl (C=O) groups excluding carboxylic acids is 2. The molecule has 5 heteroatoms. The number of esters is 1. The average molecular weight is 249 g/mol. The first-order valence-corrected chi connectivity index (χ1v) is 5.85. The predicted molar refractivity (Wildman–Crippen MR) is 65.6 cm³/mol. The third-order valence-electron chi connectivity index (χ3n) is 2.78. The second-order valence-electron chi connectivity index (χ2n) is 4.07. The van der Waals surface area contributed by atoms with E-state index in [1.54, 1.807) is 32.0 Å². The molecule has 1 atom stereocenters. The Labute approximate surface area is 105 Å². The van der Waals surface area contributed by atoms with Crippen LogP contribution in [0.15, 0.2) is 18.2 Å². The molecule has 1 aromatic rings. The Kier molecular flexibility index (Phi) is 3.50. The van der Waals surface area contributed by atoms with Gasteiger partial charge in [-0.15, -0.1) is 0 Å². The number of benzene rings is 1. The molecule has 0 saturated heterocycles. The smallest absolute Gasteiger partial charge is 0.313 e. The first-order valence-electron chi connectivity index (χ1n) is 5.85. The highest BCUT2D eigenvalue weighted by atomic mass is 16.5. The van der Waals surface area contributed by atoms with E-state index >= 15 is 0 Å². The van der Waals surface area contributed by atoms with Gasteiger partial charge in [0, 0.05) is 0 Å². The fourth-order valence-corrected chi connectivity index (χ4v) is 1.76. The lowest BCUT2D eigenvalue weighted by atomic mass is 10.0. The number of anilines is 1. The molecule has 0 spiro atoms. The zero-order valence-electron chi connectivity index (χ0n) is 10.4. The molecule has 1 aliphatic rings. The minimum Gasteiger partial charge on any atom is -0.482 e. The molecule has 2 rings (SSSR count). The van der Waals surface area contributed by atoms with E-state index in [-0.39, 0.29) is 24.4 Å². The summed E-state index contributed by atoms with van der Waals surface area (Å²) in [6.45, 7) is 3.92. The lowest BCUT2D eigenvalue weighted by molar-refractivity contribution is -0.144. The Balaban J connectivity index is 2.21. The van der Waals surface area contributed by atoms with Crippen molar-refractivity contribution in [1.82, 2.24) is 0 Å². The van der Waals surface area contributed by atoms with Crippen molar-refractivity contribution in [1.29, 1.82) is 0 Å². The van der Waals surface area contributed by atoms with Crippen LogP contribution in [0.2, 0.25) is 0 Å². The van der Waals surface area contributed by atoms with Crippen molar-refractivity contribution in [3.8, 4) is 5.75 Å². The van der Waals surface area contributed by atoms with Gasteiger partial charge >= 0.3 is 5.97 Å². The van der Waals surface area contributed by atoms with Crippen molar-refractivity contribution in [3.63, 3.8) is 0 Å². The quantitative estimate of drug-likeness (QED) is 0.828. The maximum absolute atomic E-state index is 11.6. The normalized spacial score (nSPS) is 15.1. The van der Waals surface area contributed by atoms with Crippen molar-refractivity contribution in [2.45, 2.75) is 19.8 Å². The van der Waals surface area contributed by atoms with Crippen molar-refractivity contribution >= 4 is 17.6 Å². The zero-order chi connectivity index (χ0) is 13.1. The van der Waals surface area contributed by atoms with E-state index < -0.39 is 0 Å². The van der Waals surface area contributed by atoms with Gasteiger partial charge in [-0.3, -0.25) is 9.59 Å². The third-order valence-corrected chi connectivity index (χ3v) is 2.78. The first-order chi connectivity index (χ1) is 8.61. The van der Waals surface area contributed by atoms with Crippen molar-refractivity contribution in [3.05, 3.63) is 23.8 Å². The lowest BCUT2D eigenvalue weighted by Gasteiger charge is -2.19. The summed E-state index contributed by atoms with van der Waals surface area (Å²) in [4.78, 5) is 22.8. The van der Waals surface area contributed by atoms with Crippen LogP contribution in [0.1, 0.15) is 25.3 Å². The lowest BCUT2D eigenvalue weighted by Crippen LogP contribution is -2.25. The van der Waals surface area contributed by atoms with Gasteiger partial charge in [-0.05, 0) is 31.5 Å². The highest BCUT2D eigenvalue weighted by Gasteiger charge is 2.21. The molecule has 0 aromatic heterocycles. The summed E-state index contributed by atoms with van der Waals surface area (Å²) in [5.41, 5.74) is 1.44. The predicted octanol–water partition coefficient (Wildman–Crippen LogP) is 1.68. The fraction of sp³-hybridized carbons (Fsp3) is 0.385. The second kappa shape index (κ2) is 5.08. The molecular weight excluding hydrogens is 234 g/mol. The SMILES string of the molecule is CCOC(=O)C(C)c1ccc2c(c1)OCC(=O)N2. The van der Waals surface area contributed by atoms with Gasteiger partial charge in [0.2, 0.25) is 0 Å². The van der Waals surface area contributed by atoms with E-state index in [0.717, 1.165) is 5.56 Å². The van der Waals surface area contributed by atoms with Gasteiger partial charge < -0.3 is 14.8 Å². The number of nitrogens with one attached hydrogen (secondary N) is 1. The third kappa shape index (κ3) is 2.45.